The predicted octanol–water partition coefficient (Wildman–Crippen LogP) is 4.61. The monoisotopic (exact) mass is 527 g/mol. The quantitative estimate of drug-likeness (QED) is 0.406. The van der Waals surface area contributed by atoms with Gasteiger partial charge >= 0.3 is 0 Å². The van der Waals surface area contributed by atoms with Gasteiger partial charge in [-0.1, -0.05) is 16.8 Å². The van der Waals surface area contributed by atoms with Gasteiger partial charge in [0.2, 0.25) is 5.56 Å². The SMILES string of the molecule is COc1cc(Br)c(Cl)cc1N(c1ccon1)S(=O)(=O)c1cc2ccc(=O)[nH]c2cc1F. The first-order chi connectivity index (χ1) is 14.7. The Morgan fingerprint density at radius 2 is 2.00 bits per heavy atom. The topological polar surface area (TPSA) is 106 Å². The molecule has 0 fully saturated rings. The van der Waals surface area contributed by atoms with Gasteiger partial charge in [-0.15, -0.1) is 0 Å². The van der Waals surface area contributed by atoms with E-state index in [4.69, 9.17) is 20.9 Å². The standard InChI is InChI=1S/C19H12BrClFN3O5S/c1-29-16-7-11(20)12(21)8-15(16)25(18-4-5-30-24-18)31(27,28)17-6-10-2-3-19(26)23-14(10)9-13(17)22/h2-9H,1H3,(H,23,26). The van der Waals surface area contributed by atoms with Crippen molar-refractivity contribution in [2.75, 3.05) is 11.4 Å². The normalized spacial score (nSPS) is 11.6. The van der Waals surface area contributed by atoms with Gasteiger partial charge in [0.25, 0.3) is 10.0 Å². The molecule has 0 saturated carbocycles. The lowest BCUT2D eigenvalue weighted by molar-refractivity contribution is 0.413. The van der Waals surface area contributed by atoms with Gasteiger partial charge in [-0.3, -0.25) is 4.79 Å². The van der Waals surface area contributed by atoms with Gasteiger partial charge < -0.3 is 14.2 Å². The number of aromatic nitrogens is 2. The van der Waals surface area contributed by atoms with E-state index >= 15 is 0 Å². The number of hydrogen-bond donors (Lipinski definition) is 1. The minimum Gasteiger partial charge on any atom is -0.494 e. The van der Waals surface area contributed by atoms with Crippen LogP contribution in [0.5, 0.6) is 5.75 Å². The average molecular weight is 529 g/mol. The van der Waals surface area contributed by atoms with Gasteiger partial charge in [0, 0.05) is 16.6 Å². The molecule has 12 heteroatoms. The molecule has 8 nitrogen and oxygen atoms in total. The average Bonchev–Trinajstić information content (AvgIpc) is 3.23. The van der Waals surface area contributed by atoms with E-state index in [9.17, 15) is 17.6 Å². The zero-order chi connectivity index (χ0) is 22.3. The molecule has 2 heterocycles. The molecule has 4 rings (SSSR count). The summed E-state index contributed by atoms with van der Waals surface area (Å²) in [6, 6.07) is 8.78. The molecule has 0 aliphatic heterocycles. The van der Waals surface area contributed by atoms with Crippen LogP contribution in [0.3, 0.4) is 0 Å². The molecule has 0 amide bonds. The molecule has 0 unspecified atom stereocenters. The second-order valence-corrected chi connectivity index (χ2v) is 9.27. The highest BCUT2D eigenvalue weighted by atomic mass is 79.9. The van der Waals surface area contributed by atoms with E-state index in [2.05, 4.69) is 26.1 Å². The summed E-state index contributed by atoms with van der Waals surface area (Å²) in [5, 5.41) is 4.22. The predicted molar refractivity (Wildman–Crippen MR) is 116 cm³/mol. The van der Waals surface area contributed by atoms with E-state index in [1.165, 1.54) is 43.7 Å². The number of benzene rings is 2. The van der Waals surface area contributed by atoms with Crippen LogP contribution in [0, 0.1) is 5.82 Å². The van der Waals surface area contributed by atoms with Crippen LogP contribution in [0.4, 0.5) is 15.9 Å². The fourth-order valence-corrected chi connectivity index (χ4v) is 4.98. The summed E-state index contributed by atoms with van der Waals surface area (Å²) in [6.07, 6.45) is 1.17. The van der Waals surface area contributed by atoms with Gasteiger partial charge in [0.1, 0.15) is 28.4 Å². The Morgan fingerprint density at radius 3 is 2.68 bits per heavy atom. The fraction of sp³-hybridized carbons (Fsp3) is 0.0526. The van der Waals surface area contributed by atoms with Crippen molar-refractivity contribution in [1.82, 2.24) is 10.1 Å². The van der Waals surface area contributed by atoms with E-state index in [0.717, 1.165) is 16.4 Å². The number of methoxy groups -OCH3 is 1. The number of rotatable bonds is 5. The molecular formula is C19H12BrClFN3O5S. The molecule has 4 aromatic rings. The van der Waals surface area contributed by atoms with Crippen molar-refractivity contribution < 1.29 is 22.1 Å². The third-order valence-corrected chi connectivity index (χ3v) is 7.30. The Labute approximate surface area is 188 Å². The van der Waals surface area contributed by atoms with Crippen LogP contribution >= 0.6 is 27.5 Å². The highest BCUT2D eigenvalue weighted by molar-refractivity contribution is 9.10. The molecule has 0 saturated heterocycles. The third-order valence-electron chi connectivity index (χ3n) is 4.37. The summed E-state index contributed by atoms with van der Waals surface area (Å²) in [5.74, 6) is -1.07. The van der Waals surface area contributed by atoms with Crippen molar-refractivity contribution in [1.29, 1.82) is 0 Å². The lowest BCUT2D eigenvalue weighted by Gasteiger charge is -2.24. The zero-order valence-corrected chi connectivity index (χ0v) is 18.8. The number of H-pyrrole nitrogens is 1. The second-order valence-electron chi connectivity index (χ2n) is 6.26. The first-order valence-corrected chi connectivity index (χ1v) is 11.1. The van der Waals surface area contributed by atoms with E-state index in [0.29, 0.717) is 9.86 Å². The van der Waals surface area contributed by atoms with Crippen LogP contribution in [0.2, 0.25) is 5.02 Å². The van der Waals surface area contributed by atoms with Crippen molar-refractivity contribution in [3.8, 4) is 5.75 Å². The Hall–Kier alpha value is -2.89. The number of ether oxygens (including phenoxy) is 1. The number of anilines is 2. The minimum atomic E-state index is -4.58. The van der Waals surface area contributed by atoms with E-state index in [1.54, 1.807) is 0 Å². The first-order valence-electron chi connectivity index (χ1n) is 8.53. The van der Waals surface area contributed by atoms with Crippen LogP contribution in [-0.4, -0.2) is 25.7 Å². The van der Waals surface area contributed by atoms with E-state index in [-0.39, 0.29) is 27.8 Å². The largest absolute Gasteiger partial charge is 0.494 e. The van der Waals surface area contributed by atoms with Crippen molar-refractivity contribution in [2.24, 2.45) is 0 Å². The van der Waals surface area contributed by atoms with Crippen LogP contribution < -0.4 is 14.6 Å². The number of hydrogen-bond acceptors (Lipinski definition) is 6. The summed E-state index contributed by atoms with van der Waals surface area (Å²) >= 11 is 9.45. The lowest BCUT2D eigenvalue weighted by atomic mass is 10.2. The van der Waals surface area contributed by atoms with Gasteiger partial charge in [-0.2, -0.15) is 0 Å². The molecule has 0 bridgehead atoms. The molecule has 2 aromatic heterocycles. The highest BCUT2D eigenvalue weighted by Gasteiger charge is 2.34. The molecule has 2 aromatic carbocycles. The first kappa shape index (κ1) is 21.3. The molecule has 160 valence electrons. The summed E-state index contributed by atoms with van der Waals surface area (Å²) < 4.78 is 53.6. The maximum atomic E-state index is 15.0. The van der Waals surface area contributed by atoms with Gasteiger partial charge in [-0.05, 0) is 51.6 Å². The number of aromatic amines is 1. The van der Waals surface area contributed by atoms with E-state index in [1.807, 2.05) is 0 Å². The van der Waals surface area contributed by atoms with Gasteiger partial charge in [0.15, 0.2) is 5.82 Å². The third kappa shape index (κ3) is 3.80. The van der Waals surface area contributed by atoms with Crippen LogP contribution in [0.1, 0.15) is 0 Å². The number of nitrogens with one attached hydrogen (secondary N) is 1. The number of sulfonamides is 1. The van der Waals surface area contributed by atoms with Crippen LogP contribution in [0.15, 0.2) is 67.4 Å². The molecule has 1 N–H and O–H groups in total. The summed E-state index contributed by atoms with van der Waals surface area (Å²) in [6.45, 7) is 0. The van der Waals surface area contributed by atoms with Crippen molar-refractivity contribution in [2.45, 2.75) is 4.90 Å². The maximum absolute atomic E-state index is 15.0. The summed E-state index contributed by atoms with van der Waals surface area (Å²) in [5.41, 5.74) is -0.298. The molecule has 0 atom stereocenters. The van der Waals surface area contributed by atoms with Crippen molar-refractivity contribution >= 4 is 60.0 Å². The molecule has 0 aliphatic carbocycles. The number of fused-ring (bicyclic) bond motifs is 1. The number of nitrogens with zero attached hydrogens (tertiary/aromatic N) is 2. The molecule has 0 spiro atoms. The Bertz CT molecular complexity index is 1460. The van der Waals surface area contributed by atoms with Crippen molar-refractivity contribution in [3.05, 3.63) is 74.4 Å². The van der Waals surface area contributed by atoms with Gasteiger partial charge in [0.05, 0.1) is 17.6 Å². The number of halogens is 3. The lowest BCUT2D eigenvalue weighted by Crippen LogP contribution is -2.28. The molecule has 0 radical (unpaired) electrons. The molecular weight excluding hydrogens is 517 g/mol. The molecule has 0 aliphatic rings. The smallest absolute Gasteiger partial charge is 0.273 e. The summed E-state index contributed by atoms with van der Waals surface area (Å²) in [4.78, 5) is 13.3. The Balaban J connectivity index is 2.00. The minimum absolute atomic E-state index is 0.00874. The Morgan fingerprint density at radius 1 is 1.23 bits per heavy atom. The van der Waals surface area contributed by atoms with Crippen molar-refractivity contribution in [3.63, 3.8) is 0 Å². The zero-order valence-electron chi connectivity index (χ0n) is 15.6. The Kier molecular flexibility index (Phi) is 5.50. The number of pyridine rings is 1. The molecule has 31 heavy (non-hydrogen) atoms. The highest BCUT2D eigenvalue weighted by Crippen LogP contribution is 2.42. The summed E-state index contributed by atoms with van der Waals surface area (Å²) in [7, 11) is -3.23. The van der Waals surface area contributed by atoms with Crippen LogP contribution in [-0.2, 0) is 10.0 Å². The van der Waals surface area contributed by atoms with Crippen LogP contribution in [0.25, 0.3) is 10.9 Å². The van der Waals surface area contributed by atoms with Gasteiger partial charge in [-0.25, -0.2) is 17.1 Å². The fourth-order valence-electron chi connectivity index (χ4n) is 2.98. The second kappa shape index (κ2) is 7.98. The van der Waals surface area contributed by atoms with E-state index < -0.39 is 26.3 Å². The maximum Gasteiger partial charge on any atom is 0.273 e.